The average molecular weight is 194 g/mol. The van der Waals surface area contributed by atoms with Gasteiger partial charge in [-0.1, -0.05) is 26.8 Å². The Balaban J connectivity index is 2.16. The van der Waals surface area contributed by atoms with E-state index < -0.39 is 0 Å². The molecule has 0 aliphatic heterocycles. The molecule has 2 bridgehead atoms. The summed E-state index contributed by atoms with van der Waals surface area (Å²) in [6, 6.07) is 0. The summed E-state index contributed by atoms with van der Waals surface area (Å²) in [5.74, 6) is 0.877. The zero-order valence-electron chi connectivity index (χ0n) is 9.68. The predicted molar refractivity (Wildman–Crippen MR) is 59.2 cm³/mol. The van der Waals surface area contributed by atoms with Crippen molar-refractivity contribution in [2.45, 2.75) is 46.1 Å². The summed E-state index contributed by atoms with van der Waals surface area (Å²) in [5, 5.41) is 0. The third kappa shape index (κ3) is 1.25. The van der Waals surface area contributed by atoms with Gasteiger partial charge in [-0.25, -0.2) is 0 Å². The van der Waals surface area contributed by atoms with Crippen molar-refractivity contribution < 1.29 is 4.74 Å². The van der Waals surface area contributed by atoms with E-state index in [0.717, 1.165) is 5.92 Å². The summed E-state index contributed by atoms with van der Waals surface area (Å²) in [4.78, 5) is 0. The molecule has 2 rings (SSSR count). The van der Waals surface area contributed by atoms with E-state index in [-0.39, 0.29) is 0 Å². The van der Waals surface area contributed by atoms with Crippen molar-refractivity contribution >= 4 is 0 Å². The standard InChI is InChI=1S/C13H22O/c1-5-8-14-11-12(2,3)10-6-7-13(11,4)9-10/h5,10-11H,1,6-9H2,2-4H3. The van der Waals surface area contributed by atoms with E-state index in [1.54, 1.807) is 0 Å². The summed E-state index contributed by atoms with van der Waals surface area (Å²) in [7, 11) is 0. The molecule has 0 heterocycles. The molecule has 0 saturated heterocycles. The zero-order valence-corrected chi connectivity index (χ0v) is 9.68. The Morgan fingerprint density at radius 3 is 2.64 bits per heavy atom. The predicted octanol–water partition coefficient (Wildman–Crippen LogP) is 3.40. The fraction of sp³-hybridized carbons (Fsp3) is 0.846. The molecule has 0 N–H and O–H groups in total. The van der Waals surface area contributed by atoms with E-state index in [0.29, 0.717) is 23.5 Å². The largest absolute Gasteiger partial charge is 0.373 e. The van der Waals surface area contributed by atoms with Crippen LogP contribution in [-0.4, -0.2) is 12.7 Å². The van der Waals surface area contributed by atoms with E-state index in [1.807, 2.05) is 6.08 Å². The monoisotopic (exact) mass is 194 g/mol. The van der Waals surface area contributed by atoms with Crippen LogP contribution in [0.2, 0.25) is 0 Å². The summed E-state index contributed by atoms with van der Waals surface area (Å²) >= 11 is 0. The van der Waals surface area contributed by atoms with Crippen molar-refractivity contribution in [3.8, 4) is 0 Å². The molecule has 0 radical (unpaired) electrons. The maximum Gasteiger partial charge on any atom is 0.0686 e. The molecule has 0 aromatic carbocycles. The first kappa shape index (κ1) is 10.2. The van der Waals surface area contributed by atoms with E-state index in [4.69, 9.17) is 4.74 Å². The zero-order chi connectivity index (χ0) is 10.4. The SMILES string of the molecule is C=CCOC1C2(C)CCC(C2)C1(C)C. The van der Waals surface area contributed by atoms with Gasteiger partial charge in [0.2, 0.25) is 0 Å². The Morgan fingerprint density at radius 2 is 2.14 bits per heavy atom. The van der Waals surface area contributed by atoms with E-state index in [1.165, 1.54) is 19.3 Å². The van der Waals surface area contributed by atoms with Crippen molar-refractivity contribution in [1.29, 1.82) is 0 Å². The fourth-order valence-corrected chi connectivity index (χ4v) is 3.84. The third-order valence-corrected chi connectivity index (χ3v) is 4.52. The first-order valence-corrected chi connectivity index (χ1v) is 5.73. The van der Waals surface area contributed by atoms with Crippen molar-refractivity contribution in [2.75, 3.05) is 6.61 Å². The molecule has 14 heavy (non-hydrogen) atoms. The highest BCUT2D eigenvalue weighted by atomic mass is 16.5. The van der Waals surface area contributed by atoms with E-state index in [9.17, 15) is 0 Å². The van der Waals surface area contributed by atoms with Gasteiger partial charge in [0.1, 0.15) is 0 Å². The van der Waals surface area contributed by atoms with Crippen LogP contribution in [0.15, 0.2) is 12.7 Å². The number of hydrogen-bond acceptors (Lipinski definition) is 1. The molecule has 2 fully saturated rings. The molecule has 2 saturated carbocycles. The lowest BCUT2D eigenvalue weighted by Gasteiger charge is -2.42. The Bertz CT molecular complexity index is 239. The average Bonchev–Trinajstić information content (AvgIpc) is 2.55. The summed E-state index contributed by atoms with van der Waals surface area (Å²) in [6.07, 6.45) is 6.42. The van der Waals surface area contributed by atoms with Gasteiger partial charge in [-0.15, -0.1) is 6.58 Å². The Labute approximate surface area is 87.5 Å². The maximum absolute atomic E-state index is 5.99. The molecule has 0 aromatic heterocycles. The second kappa shape index (κ2) is 3.10. The fourth-order valence-electron chi connectivity index (χ4n) is 3.84. The molecule has 3 unspecified atom stereocenters. The topological polar surface area (TPSA) is 9.23 Å². The second-order valence-corrected chi connectivity index (χ2v) is 5.92. The van der Waals surface area contributed by atoms with Gasteiger partial charge in [-0.3, -0.25) is 0 Å². The van der Waals surface area contributed by atoms with Crippen LogP contribution in [0.5, 0.6) is 0 Å². The first-order chi connectivity index (χ1) is 6.50. The van der Waals surface area contributed by atoms with Crippen LogP contribution in [0.3, 0.4) is 0 Å². The van der Waals surface area contributed by atoms with Gasteiger partial charge < -0.3 is 4.74 Å². The highest BCUT2D eigenvalue weighted by molar-refractivity contribution is 5.09. The minimum atomic E-state index is 0.371. The molecule has 3 atom stereocenters. The number of ether oxygens (including phenoxy) is 1. The summed E-state index contributed by atoms with van der Waals surface area (Å²) in [5.41, 5.74) is 0.813. The molecule has 1 heteroatoms. The van der Waals surface area contributed by atoms with Gasteiger partial charge in [-0.05, 0) is 36.0 Å². The third-order valence-electron chi connectivity index (χ3n) is 4.52. The summed E-state index contributed by atoms with van der Waals surface area (Å²) in [6.45, 7) is 11.6. The highest BCUT2D eigenvalue weighted by Crippen LogP contribution is 2.63. The van der Waals surface area contributed by atoms with Crippen LogP contribution in [0.4, 0.5) is 0 Å². The van der Waals surface area contributed by atoms with Gasteiger partial charge in [0.05, 0.1) is 12.7 Å². The van der Waals surface area contributed by atoms with Crippen molar-refractivity contribution in [2.24, 2.45) is 16.7 Å². The van der Waals surface area contributed by atoms with Crippen LogP contribution in [0.25, 0.3) is 0 Å². The lowest BCUT2D eigenvalue weighted by atomic mass is 9.70. The lowest BCUT2D eigenvalue weighted by molar-refractivity contribution is -0.0785. The molecule has 80 valence electrons. The quantitative estimate of drug-likeness (QED) is 0.626. The van der Waals surface area contributed by atoms with Crippen LogP contribution in [0.1, 0.15) is 40.0 Å². The molecular weight excluding hydrogens is 172 g/mol. The lowest BCUT2D eigenvalue weighted by Crippen LogP contribution is -2.42. The van der Waals surface area contributed by atoms with Gasteiger partial charge >= 0.3 is 0 Å². The van der Waals surface area contributed by atoms with Crippen LogP contribution < -0.4 is 0 Å². The Morgan fingerprint density at radius 1 is 1.43 bits per heavy atom. The second-order valence-electron chi connectivity index (χ2n) is 5.92. The smallest absolute Gasteiger partial charge is 0.0686 e. The molecule has 2 aliphatic rings. The molecule has 0 aromatic rings. The number of hydrogen-bond donors (Lipinski definition) is 0. The molecule has 0 amide bonds. The molecule has 0 spiro atoms. The van der Waals surface area contributed by atoms with Crippen LogP contribution in [-0.2, 0) is 4.74 Å². The highest BCUT2D eigenvalue weighted by Gasteiger charge is 2.59. The number of fused-ring (bicyclic) bond motifs is 2. The molecular formula is C13H22O. The molecule has 1 nitrogen and oxygen atoms in total. The van der Waals surface area contributed by atoms with Crippen LogP contribution in [0, 0.1) is 16.7 Å². The summed E-state index contributed by atoms with van der Waals surface area (Å²) < 4.78 is 5.99. The normalized spacial score (nSPS) is 44.2. The Kier molecular flexibility index (Phi) is 2.26. The van der Waals surface area contributed by atoms with E-state index in [2.05, 4.69) is 27.4 Å². The molecule has 2 aliphatic carbocycles. The van der Waals surface area contributed by atoms with Crippen LogP contribution >= 0.6 is 0 Å². The van der Waals surface area contributed by atoms with Gasteiger partial charge in [0, 0.05) is 0 Å². The van der Waals surface area contributed by atoms with E-state index >= 15 is 0 Å². The van der Waals surface area contributed by atoms with Crippen molar-refractivity contribution in [1.82, 2.24) is 0 Å². The minimum Gasteiger partial charge on any atom is -0.373 e. The minimum absolute atomic E-state index is 0.371. The maximum atomic E-state index is 5.99. The van der Waals surface area contributed by atoms with Crippen molar-refractivity contribution in [3.63, 3.8) is 0 Å². The number of rotatable bonds is 3. The van der Waals surface area contributed by atoms with Gasteiger partial charge in [0.15, 0.2) is 0 Å². The van der Waals surface area contributed by atoms with Gasteiger partial charge in [0.25, 0.3) is 0 Å². The van der Waals surface area contributed by atoms with Crippen molar-refractivity contribution in [3.05, 3.63) is 12.7 Å². The van der Waals surface area contributed by atoms with Gasteiger partial charge in [-0.2, -0.15) is 0 Å². The Hall–Kier alpha value is -0.300. The first-order valence-electron chi connectivity index (χ1n) is 5.73.